The summed E-state index contributed by atoms with van der Waals surface area (Å²) in [5, 5.41) is 3.27. The topological polar surface area (TPSA) is 50.7 Å². The molecular formula is C13H20N2O2S. The molecule has 4 nitrogen and oxygen atoms in total. The van der Waals surface area contributed by atoms with E-state index in [0.29, 0.717) is 11.8 Å². The van der Waals surface area contributed by atoms with Crippen LogP contribution in [0.5, 0.6) is 5.75 Å². The van der Waals surface area contributed by atoms with Crippen LogP contribution in [0.1, 0.15) is 25.7 Å². The fourth-order valence-corrected chi connectivity index (χ4v) is 3.06. The average molecular weight is 268 g/mol. The maximum absolute atomic E-state index is 11.8. The number of para-hydroxylation sites is 1. The van der Waals surface area contributed by atoms with Crippen molar-refractivity contribution in [2.45, 2.75) is 37.8 Å². The summed E-state index contributed by atoms with van der Waals surface area (Å²) in [5.41, 5.74) is 0. The van der Waals surface area contributed by atoms with Crippen molar-refractivity contribution in [3.63, 3.8) is 0 Å². The smallest absolute Gasteiger partial charge is 0.195 e. The summed E-state index contributed by atoms with van der Waals surface area (Å²) in [6.07, 6.45) is 4.17. The molecule has 1 aliphatic rings. The molecule has 0 bridgehead atoms. The second-order valence-corrected chi connectivity index (χ2v) is 5.44. The van der Waals surface area contributed by atoms with Crippen LogP contribution in [0.4, 0.5) is 0 Å². The Morgan fingerprint density at radius 1 is 1.22 bits per heavy atom. The van der Waals surface area contributed by atoms with Gasteiger partial charge >= 0.3 is 0 Å². The van der Waals surface area contributed by atoms with Gasteiger partial charge in [0.2, 0.25) is 0 Å². The van der Waals surface area contributed by atoms with Gasteiger partial charge in [0.05, 0.1) is 6.04 Å². The Labute approximate surface area is 110 Å². The maximum atomic E-state index is 11.8. The van der Waals surface area contributed by atoms with Crippen LogP contribution in [-0.2, 0) is 10.9 Å². The molecule has 0 radical (unpaired) electrons. The van der Waals surface area contributed by atoms with Gasteiger partial charge in [-0.3, -0.25) is 0 Å². The molecule has 18 heavy (non-hydrogen) atoms. The van der Waals surface area contributed by atoms with Gasteiger partial charge in [0, 0.05) is 6.04 Å². The zero-order valence-electron chi connectivity index (χ0n) is 10.6. The highest BCUT2D eigenvalue weighted by molar-refractivity contribution is 7.70. The Hall–Kier alpha value is -1.07. The molecule has 1 aromatic carbocycles. The van der Waals surface area contributed by atoms with E-state index in [2.05, 4.69) is 9.68 Å². The van der Waals surface area contributed by atoms with Crippen molar-refractivity contribution in [1.29, 1.82) is 0 Å². The van der Waals surface area contributed by atoms with E-state index < -0.39 is 10.9 Å². The Kier molecular flexibility index (Phi) is 5.01. The van der Waals surface area contributed by atoms with Crippen molar-refractivity contribution in [1.82, 2.24) is 5.32 Å². The molecule has 0 aromatic heterocycles. The first-order valence-electron chi connectivity index (χ1n) is 6.36. The summed E-state index contributed by atoms with van der Waals surface area (Å²) in [6.45, 7) is 0. The first kappa shape index (κ1) is 13.4. The number of hydrogen-bond donors (Lipinski definition) is 2. The number of benzene rings is 1. The molecule has 1 saturated carbocycles. The molecule has 0 amide bonds. The van der Waals surface area contributed by atoms with E-state index in [1.165, 1.54) is 0 Å². The molecule has 0 heterocycles. The number of nitrogens with one attached hydrogen (secondary N) is 1. The summed E-state index contributed by atoms with van der Waals surface area (Å²) in [7, 11) is 0.0436. The predicted octanol–water partition coefficient (Wildman–Crippen LogP) is 2.18. The van der Waals surface area contributed by atoms with E-state index in [-0.39, 0.29) is 6.04 Å². The minimum absolute atomic E-state index is 0.182. The van der Waals surface area contributed by atoms with Crippen LogP contribution in [-0.4, -0.2) is 23.3 Å². The molecule has 1 aromatic rings. The van der Waals surface area contributed by atoms with Crippen LogP contribution in [0.15, 0.2) is 34.7 Å². The Balaban J connectivity index is 1.88. The van der Waals surface area contributed by atoms with Gasteiger partial charge in [-0.15, -0.1) is 0 Å². The fourth-order valence-electron chi connectivity index (χ4n) is 2.21. The first-order valence-corrected chi connectivity index (χ1v) is 7.49. The van der Waals surface area contributed by atoms with Gasteiger partial charge in [-0.2, -0.15) is 0 Å². The van der Waals surface area contributed by atoms with E-state index >= 15 is 0 Å². The van der Waals surface area contributed by atoms with Crippen molar-refractivity contribution in [2.75, 3.05) is 7.05 Å². The first-order chi connectivity index (χ1) is 8.78. The van der Waals surface area contributed by atoms with Crippen LogP contribution >= 0.6 is 0 Å². The van der Waals surface area contributed by atoms with Gasteiger partial charge in [0.15, 0.2) is 10.9 Å². The van der Waals surface area contributed by atoms with Gasteiger partial charge in [-0.05, 0) is 44.9 Å². The summed E-state index contributed by atoms with van der Waals surface area (Å²) >= 11 is 0. The summed E-state index contributed by atoms with van der Waals surface area (Å²) < 4.78 is 21.3. The molecule has 5 heteroatoms. The lowest BCUT2D eigenvalue weighted by Crippen LogP contribution is -2.31. The molecule has 100 valence electrons. The van der Waals surface area contributed by atoms with Crippen LogP contribution in [0.3, 0.4) is 0 Å². The molecule has 0 saturated heterocycles. The molecule has 2 rings (SSSR count). The monoisotopic (exact) mass is 268 g/mol. The van der Waals surface area contributed by atoms with Crippen LogP contribution in [0, 0.1) is 0 Å². The molecule has 1 aliphatic carbocycles. The highest BCUT2D eigenvalue weighted by Crippen LogP contribution is 2.21. The SMILES string of the molecule is CNC1CCC(N=[SH](=O)Oc2ccccc2)CC1. The molecular weight excluding hydrogens is 248 g/mol. The molecule has 0 spiro atoms. The van der Waals surface area contributed by atoms with E-state index in [4.69, 9.17) is 4.18 Å². The second kappa shape index (κ2) is 6.75. The van der Waals surface area contributed by atoms with Crippen molar-refractivity contribution in [3.05, 3.63) is 30.3 Å². The predicted molar refractivity (Wildman–Crippen MR) is 74.1 cm³/mol. The largest absolute Gasteiger partial charge is 0.398 e. The van der Waals surface area contributed by atoms with E-state index in [1.54, 1.807) is 12.1 Å². The van der Waals surface area contributed by atoms with E-state index in [0.717, 1.165) is 25.7 Å². The zero-order chi connectivity index (χ0) is 12.8. The van der Waals surface area contributed by atoms with E-state index in [9.17, 15) is 4.21 Å². The fraction of sp³-hybridized carbons (Fsp3) is 0.538. The second-order valence-electron chi connectivity index (χ2n) is 4.55. The maximum Gasteiger partial charge on any atom is 0.195 e. The van der Waals surface area contributed by atoms with Gasteiger partial charge < -0.3 is 9.50 Å². The van der Waals surface area contributed by atoms with Crippen molar-refractivity contribution < 1.29 is 8.39 Å². The Morgan fingerprint density at radius 3 is 2.50 bits per heavy atom. The van der Waals surface area contributed by atoms with Crippen LogP contribution < -0.4 is 9.50 Å². The zero-order valence-corrected chi connectivity index (χ0v) is 11.5. The third kappa shape index (κ3) is 3.99. The van der Waals surface area contributed by atoms with Gasteiger partial charge in [-0.1, -0.05) is 18.2 Å². The van der Waals surface area contributed by atoms with Crippen LogP contribution in [0.25, 0.3) is 0 Å². The highest BCUT2D eigenvalue weighted by atomic mass is 32.2. The Bertz CT molecular complexity index is 436. The van der Waals surface area contributed by atoms with E-state index in [1.807, 2.05) is 25.2 Å². The number of hydrogen-bond acceptors (Lipinski definition) is 4. The molecule has 1 unspecified atom stereocenters. The molecule has 1 atom stereocenters. The van der Waals surface area contributed by atoms with Crippen molar-refractivity contribution in [3.8, 4) is 5.75 Å². The van der Waals surface area contributed by atoms with Gasteiger partial charge in [0.25, 0.3) is 0 Å². The number of rotatable bonds is 4. The standard InChI is InChI=1S/C13H20N2O2S/c1-14-11-7-9-12(10-8-11)15-18(16)17-13-5-3-2-4-6-13/h2-6,11-12,14,18H,7-10H2,1H3. The summed E-state index contributed by atoms with van der Waals surface area (Å²) in [5.74, 6) is 0.617. The lowest BCUT2D eigenvalue weighted by Gasteiger charge is -2.25. The number of thiol groups is 1. The molecule has 0 aliphatic heterocycles. The molecule has 1 N–H and O–H groups in total. The minimum Gasteiger partial charge on any atom is -0.398 e. The third-order valence-corrected chi connectivity index (χ3v) is 4.17. The van der Waals surface area contributed by atoms with Gasteiger partial charge in [0.1, 0.15) is 5.75 Å². The quantitative estimate of drug-likeness (QED) is 0.823. The summed E-state index contributed by atoms with van der Waals surface area (Å²) in [4.78, 5) is 0. The van der Waals surface area contributed by atoms with Crippen LogP contribution in [0.2, 0.25) is 0 Å². The van der Waals surface area contributed by atoms with Gasteiger partial charge in [-0.25, -0.2) is 8.57 Å². The summed E-state index contributed by atoms with van der Waals surface area (Å²) in [6, 6.07) is 9.97. The van der Waals surface area contributed by atoms with Crippen molar-refractivity contribution in [2.24, 2.45) is 4.36 Å². The third-order valence-electron chi connectivity index (χ3n) is 3.29. The normalized spacial score (nSPS) is 25.8. The van der Waals surface area contributed by atoms with Crippen molar-refractivity contribution >= 4 is 10.9 Å². The Morgan fingerprint density at radius 2 is 1.89 bits per heavy atom. The minimum atomic E-state index is -1.94. The average Bonchev–Trinajstić information content (AvgIpc) is 2.40. The highest BCUT2D eigenvalue weighted by Gasteiger charge is 2.19. The lowest BCUT2D eigenvalue weighted by molar-refractivity contribution is 0.360. The molecule has 1 fully saturated rings. The number of nitrogens with zero attached hydrogens (tertiary/aromatic N) is 1. The lowest BCUT2D eigenvalue weighted by atomic mass is 9.92.